The van der Waals surface area contributed by atoms with Gasteiger partial charge < -0.3 is 4.57 Å². The Hall–Kier alpha value is -1.05. The third kappa shape index (κ3) is 1.20. The van der Waals surface area contributed by atoms with E-state index in [1.165, 1.54) is 18.4 Å². The van der Waals surface area contributed by atoms with Gasteiger partial charge in [-0.1, -0.05) is 0 Å². The summed E-state index contributed by atoms with van der Waals surface area (Å²) in [7, 11) is 1.90. The van der Waals surface area contributed by atoms with Gasteiger partial charge in [0.1, 0.15) is 5.49 Å². The summed E-state index contributed by atoms with van der Waals surface area (Å²) < 4.78 is 1.83. The summed E-state index contributed by atoms with van der Waals surface area (Å²) in [5.41, 5.74) is 1.95. The molecule has 1 fully saturated rings. The van der Waals surface area contributed by atoms with Crippen LogP contribution in [0.3, 0.4) is 0 Å². The van der Waals surface area contributed by atoms with Crippen LogP contribution in [0.1, 0.15) is 24.3 Å². The van der Waals surface area contributed by atoms with E-state index in [-0.39, 0.29) is 0 Å². The maximum absolute atomic E-state index is 7.54. The van der Waals surface area contributed by atoms with E-state index in [1.807, 2.05) is 23.9 Å². The third-order valence-electron chi connectivity index (χ3n) is 2.22. The van der Waals surface area contributed by atoms with Crippen LogP contribution in [0.5, 0.6) is 0 Å². The van der Waals surface area contributed by atoms with Gasteiger partial charge in [0, 0.05) is 13.2 Å². The highest BCUT2D eigenvalue weighted by Gasteiger charge is 2.23. The van der Waals surface area contributed by atoms with Gasteiger partial charge in [-0.15, -0.1) is 0 Å². The van der Waals surface area contributed by atoms with Crippen molar-refractivity contribution in [2.45, 2.75) is 18.8 Å². The molecule has 1 aliphatic rings. The molecule has 0 saturated heterocycles. The number of pyridine rings is 1. The molecule has 2 nitrogen and oxygen atoms in total. The Bertz CT molecular complexity index is 321. The standard InChI is InChI=1S/C9H12N2/c1-11-5-4-8(6-9(11)10)7-2-3-7/h4-7,10H,2-3H2,1H3. The second-order valence-corrected chi connectivity index (χ2v) is 3.23. The Morgan fingerprint density at radius 3 is 2.82 bits per heavy atom. The second kappa shape index (κ2) is 2.22. The number of aromatic nitrogens is 1. The predicted molar refractivity (Wildman–Crippen MR) is 43.2 cm³/mol. The number of nitrogens with one attached hydrogen (secondary N) is 1. The molecule has 58 valence electrons. The molecule has 1 saturated carbocycles. The molecule has 0 aliphatic heterocycles. The summed E-state index contributed by atoms with van der Waals surface area (Å²) in [6.45, 7) is 0. The van der Waals surface area contributed by atoms with Gasteiger partial charge in [-0.25, -0.2) is 0 Å². The van der Waals surface area contributed by atoms with Crippen LogP contribution in [0.25, 0.3) is 0 Å². The van der Waals surface area contributed by atoms with Gasteiger partial charge in [-0.3, -0.25) is 5.41 Å². The molecular weight excluding hydrogens is 136 g/mol. The average molecular weight is 148 g/mol. The van der Waals surface area contributed by atoms with E-state index < -0.39 is 0 Å². The quantitative estimate of drug-likeness (QED) is 0.623. The minimum Gasteiger partial charge on any atom is -0.337 e. The van der Waals surface area contributed by atoms with Crippen LogP contribution in [0.4, 0.5) is 0 Å². The average Bonchev–Trinajstić information content (AvgIpc) is 2.77. The largest absolute Gasteiger partial charge is 0.337 e. The van der Waals surface area contributed by atoms with Crippen molar-refractivity contribution in [3.63, 3.8) is 0 Å². The van der Waals surface area contributed by atoms with Crippen molar-refractivity contribution >= 4 is 0 Å². The van der Waals surface area contributed by atoms with Crippen molar-refractivity contribution in [1.82, 2.24) is 4.57 Å². The summed E-state index contributed by atoms with van der Waals surface area (Å²) in [6, 6.07) is 4.09. The summed E-state index contributed by atoms with van der Waals surface area (Å²) in [5.74, 6) is 0.764. The molecule has 1 heterocycles. The van der Waals surface area contributed by atoms with Crippen molar-refractivity contribution in [3.05, 3.63) is 29.4 Å². The van der Waals surface area contributed by atoms with Crippen LogP contribution in [0.2, 0.25) is 0 Å². The van der Waals surface area contributed by atoms with Crippen LogP contribution in [0, 0.1) is 5.41 Å². The van der Waals surface area contributed by atoms with E-state index in [0.29, 0.717) is 5.49 Å². The normalized spacial score (nSPS) is 16.8. The number of rotatable bonds is 1. The van der Waals surface area contributed by atoms with Crippen molar-refractivity contribution < 1.29 is 0 Å². The van der Waals surface area contributed by atoms with Gasteiger partial charge in [0.2, 0.25) is 0 Å². The number of aryl methyl sites for hydroxylation is 1. The van der Waals surface area contributed by atoms with Crippen molar-refractivity contribution in [3.8, 4) is 0 Å². The lowest BCUT2D eigenvalue weighted by atomic mass is 10.2. The molecule has 2 rings (SSSR count). The molecule has 0 aromatic carbocycles. The van der Waals surface area contributed by atoms with Gasteiger partial charge in [0.15, 0.2) is 0 Å². The maximum atomic E-state index is 7.54. The molecule has 0 bridgehead atoms. The molecule has 11 heavy (non-hydrogen) atoms. The smallest absolute Gasteiger partial charge is 0.124 e. The topological polar surface area (TPSA) is 28.8 Å². The lowest BCUT2D eigenvalue weighted by molar-refractivity contribution is 0.807. The van der Waals surface area contributed by atoms with Crippen LogP contribution < -0.4 is 5.49 Å². The minimum atomic E-state index is 0.606. The van der Waals surface area contributed by atoms with Crippen molar-refractivity contribution in [1.29, 1.82) is 5.41 Å². The SMILES string of the molecule is Cn1ccc(C2CC2)cc1=N. The highest BCUT2D eigenvalue weighted by molar-refractivity contribution is 5.20. The molecule has 1 N–H and O–H groups in total. The van der Waals surface area contributed by atoms with E-state index in [1.54, 1.807) is 0 Å². The number of hydrogen-bond acceptors (Lipinski definition) is 1. The third-order valence-corrected chi connectivity index (χ3v) is 2.22. The molecule has 0 atom stereocenters. The molecule has 0 amide bonds. The predicted octanol–water partition coefficient (Wildman–Crippen LogP) is 1.38. The van der Waals surface area contributed by atoms with Gasteiger partial charge >= 0.3 is 0 Å². The highest BCUT2D eigenvalue weighted by Crippen LogP contribution is 2.39. The molecule has 1 aromatic heterocycles. The fourth-order valence-electron chi connectivity index (χ4n) is 1.26. The van der Waals surface area contributed by atoms with Gasteiger partial charge in [-0.2, -0.15) is 0 Å². The van der Waals surface area contributed by atoms with E-state index in [9.17, 15) is 0 Å². The Kier molecular flexibility index (Phi) is 1.34. The first-order valence-corrected chi connectivity index (χ1v) is 3.98. The molecular formula is C9H12N2. The Balaban J connectivity index is 2.44. The maximum Gasteiger partial charge on any atom is 0.124 e. The first kappa shape index (κ1) is 6.65. The summed E-state index contributed by atoms with van der Waals surface area (Å²) in [6.07, 6.45) is 4.59. The molecule has 1 aliphatic carbocycles. The number of nitrogens with zero attached hydrogens (tertiary/aromatic N) is 1. The first-order valence-electron chi connectivity index (χ1n) is 3.98. The Morgan fingerprint density at radius 2 is 2.27 bits per heavy atom. The molecule has 0 radical (unpaired) electrons. The van der Waals surface area contributed by atoms with E-state index in [0.717, 1.165) is 5.92 Å². The molecule has 0 spiro atoms. The molecule has 1 aromatic rings. The lowest BCUT2D eigenvalue weighted by Crippen LogP contribution is -2.15. The second-order valence-electron chi connectivity index (χ2n) is 3.23. The summed E-state index contributed by atoms with van der Waals surface area (Å²) >= 11 is 0. The summed E-state index contributed by atoms with van der Waals surface area (Å²) in [4.78, 5) is 0. The zero-order valence-electron chi connectivity index (χ0n) is 6.67. The van der Waals surface area contributed by atoms with Gasteiger partial charge in [0.05, 0.1) is 0 Å². The van der Waals surface area contributed by atoms with Crippen molar-refractivity contribution in [2.24, 2.45) is 7.05 Å². The fraction of sp³-hybridized carbons (Fsp3) is 0.444. The van der Waals surface area contributed by atoms with E-state index in [4.69, 9.17) is 5.41 Å². The minimum absolute atomic E-state index is 0.606. The monoisotopic (exact) mass is 148 g/mol. The number of hydrogen-bond donors (Lipinski definition) is 1. The van der Waals surface area contributed by atoms with E-state index >= 15 is 0 Å². The zero-order chi connectivity index (χ0) is 7.84. The Labute approximate surface area is 66.0 Å². The highest BCUT2D eigenvalue weighted by atomic mass is 14.9. The van der Waals surface area contributed by atoms with Crippen LogP contribution in [-0.4, -0.2) is 4.57 Å². The fourth-order valence-corrected chi connectivity index (χ4v) is 1.26. The summed E-state index contributed by atoms with van der Waals surface area (Å²) in [5, 5.41) is 7.54. The van der Waals surface area contributed by atoms with Crippen LogP contribution in [0.15, 0.2) is 18.3 Å². The molecule has 0 unspecified atom stereocenters. The van der Waals surface area contributed by atoms with Gasteiger partial charge in [-0.05, 0) is 36.5 Å². The van der Waals surface area contributed by atoms with Crippen LogP contribution >= 0.6 is 0 Å². The zero-order valence-corrected chi connectivity index (χ0v) is 6.67. The van der Waals surface area contributed by atoms with Gasteiger partial charge in [0.25, 0.3) is 0 Å². The lowest BCUT2D eigenvalue weighted by Gasteiger charge is -2.00. The first-order chi connectivity index (χ1) is 5.27. The van der Waals surface area contributed by atoms with Crippen molar-refractivity contribution in [2.75, 3.05) is 0 Å². The van der Waals surface area contributed by atoms with E-state index in [2.05, 4.69) is 6.07 Å². The molecule has 2 heteroatoms. The Morgan fingerprint density at radius 1 is 1.55 bits per heavy atom. The van der Waals surface area contributed by atoms with Crippen LogP contribution in [-0.2, 0) is 7.05 Å².